The molecule has 1 aromatic heterocycles. The van der Waals surface area contributed by atoms with Crippen molar-refractivity contribution in [2.75, 3.05) is 48.5 Å². The van der Waals surface area contributed by atoms with Crippen LogP contribution in [0.4, 0.5) is 0 Å². The monoisotopic (exact) mass is 892 g/mol. The molecule has 3 fully saturated rings. The first kappa shape index (κ1) is 55.6. The average molecular weight is 892 g/mol. The van der Waals surface area contributed by atoms with Crippen LogP contribution in [0.3, 0.4) is 0 Å². The lowest BCUT2D eigenvalue weighted by Gasteiger charge is -2.37. The minimum absolute atomic E-state index is 0.0511. The van der Waals surface area contributed by atoms with E-state index >= 15 is 0 Å². The molecule has 3 heterocycles. The Balaban J connectivity index is 0.000000319. The van der Waals surface area contributed by atoms with Gasteiger partial charge in [0.2, 0.25) is 30.0 Å². The van der Waals surface area contributed by atoms with E-state index in [0.29, 0.717) is 18.2 Å². The highest BCUT2D eigenvalue weighted by molar-refractivity contribution is 5.80. The molecule has 2 saturated heterocycles. The van der Waals surface area contributed by atoms with E-state index < -0.39 is 0 Å². The van der Waals surface area contributed by atoms with Crippen molar-refractivity contribution in [3.8, 4) is 11.5 Å². The van der Waals surface area contributed by atoms with Crippen LogP contribution >= 0.6 is 0 Å². The number of carbonyl (C=O) groups is 4. The molecule has 0 radical (unpaired) electrons. The minimum Gasteiger partial charge on any atom is -0.419 e. The van der Waals surface area contributed by atoms with Crippen molar-refractivity contribution < 1.29 is 33.1 Å². The Kier molecular flexibility index (Phi) is 26.6. The van der Waals surface area contributed by atoms with Crippen molar-refractivity contribution in [3.63, 3.8) is 0 Å². The first-order chi connectivity index (χ1) is 30.7. The van der Waals surface area contributed by atoms with Gasteiger partial charge >= 0.3 is 0 Å². The molecule has 2 aromatic carbocycles. The van der Waals surface area contributed by atoms with Gasteiger partial charge in [0.15, 0.2) is 0 Å². The molecule has 358 valence electrons. The molecule has 0 spiro atoms. The molecule has 14 nitrogen and oxygen atoms in total. The van der Waals surface area contributed by atoms with Gasteiger partial charge in [-0.1, -0.05) is 102 Å². The predicted molar refractivity (Wildman–Crippen MR) is 254 cm³/mol. The molecular weight excluding hydrogens is 811 g/mol. The van der Waals surface area contributed by atoms with E-state index in [1.54, 1.807) is 19.1 Å². The van der Waals surface area contributed by atoms with Gasteiger partial charge in [-0.25, -0.2) is 0 Å². The number of benzene rings is 2. The number of fused-ring (bicyclic) bond motifs is 2. The molecule has 3 aliphatic rings. The van der Waals surface area contributed by atoms with Crippen LogP contribution < -0.4 is 10.6 Å². The molecule has 6 rings (SSSR count). The number of hydrogen-bond donors (Lipinski definition) is 2. The Morgan fingerprint density at radius 1 is 0.953 bits per heavy atom. The summed E-state index contributed by atoms with van der Waals surface area (Å²) in [5, 5.41) is 13.3. The van der Waals surface area contributed by atoms with Crippen molar-refractivity contribution in [1.82, 2.24) is 35.5 Å². The van der Waals surface area contributed by atoms with E-state index in [-0.39, 0.29) is 67.5 Å². The van der Waals surface area contributed by atoms with Crippen LogP contribution in [0.25, 0.3) is 11.5 Å². The highest BCUT2D eigenvalue weighted by atomic mass is 16.5. The number of amides is 3. The zero-order valence-corrected chi connectivity index (χ0v) is 41.0. The fraction of sp³-hybridized carbons (Fsp3) is 0.640. The Labute approximate surface area is 384 Å². The number of ether oxygens (including phenoxy) is 2. The normalized spacial score (nSPS) is 21.0. The lowest BCUT2D eigenvalue weighted by molar-refractivity contribution is -0.137. The quantitative estimate of drug-likeness (QED) is 0.132. The topological polar surface area (TPSA) is 159 Å². The van der Waals surface area contributed by atoms with E-state index in [2.05, 4.69) is 84.6 Å². The summed E-state index contributed by atoms with van der Waals surface area (Å²) in [6.45, 7) is 15.8. The van der Waals surface area contributed by atoms with Gasteiger partial charge < -0.3 is 44.0 Å². The molecule has 2 N–H and O–H groups in total. The van der Waals surface area contributed by atoms with Gasteiger partial charge in [-0.15, -0.1) is 10.2 Å². The van der Waals surface area contributed by atoms with Gasteiger partial charge in [0, 0.05) is 51.4 Å². The number of carbonyl (C=O) groups excluding carboxylic acids is 4. The zero-order chi connectivity index (χ0) is 47.6. The molecule has 14 heteroatoms. The van der Waals surface area contributed by atoms with Crippen LogP contribution in [0.15, 0.2) is 65.1 Å². The van der Waals surface area contributed by atoms with Gasteiger partial charge in [-0.2, -0.15) is 0 Å². The molecule has 3 aromatic rings. The van der Waals surface area contributed by atoms with E-state index in [0.717, 1.165) is 55.7 Å². The molecule has 9 unspecified atom stereocenters. The zero-order valence-electron chi connectivity index (χ0n) is 41.0. The highest BCUT2D eigenvalue weighted by Gasteiger charge is 2.41. The maximum Gasteiger partial charge on any atom is 0.247 e. The molecule has 9 atom stereocenters. The number of aryl methyl sites for hydroxylation is 1. The van der Waals surface area contributed by atoms with E-state index in [4.69, 9.17) is 13.9 Å². The Hall–Kier alpha value is -4.50. The lowest BCUT2D eigenvalue weighted by atomic mass is 9.91. The first-order valence-electron chi connectivity index (χ1n) is 23.2. The van der Waals surface area contributed by atoms with Crippen molar-refractivity contribution in [2.24, 2.45) is 17.8 Å². The summed E-state index contributed by atoms with van der Waals surface area (Å²) in [5.74, 6) is 1.53. The van der Waals surface area contributed by atoms with Crippen LogP contribution in [0.5, 0.6) is 0 Å². The van der Waals surface area contributed by atoms with Crippen LogP contribution in [0, 0.1) is 24.7 Å². The van der Waals surface area contributed by atoms with E-state index in [9.17, 15) is 19.2 Å². The number of piperidine rings is 1. The summed E-state index contributed by atoms with van der Waals surface area (Å²) in [5.41, 5.74) is 2.18. The summed E-state index contributed by atoms with van der Waals surface area (Å²) in [6, 6.07) is 21.7. The number of methoxy groups -OCH3 is 2. The van der Waals surface area contributed by atoms with Gasteiger partial charge in [0.05, 0.1) is 37.3 Å². The molecular formula is C50H81N7O7. The smallest absolute Gasteiger partial charge is 0.247 e. The number of aldehydes is 1. The summed E-state index contributed by atoms with van der Waals surface area (Å²) in [4.78, 5) is 51.8. The summed E-state index contributed by atoms with van der Waals surface area (Å²) in [7, 11) is 9.23. The molecule has 1 aliphatic carbocycles. The van der Waals surface area contributed by atoms with Crippen LogP contribution in [0.1, 0.15) is 104 Å². The molecule has 3 amide bonds. The van der Waals surface area contributed by atoms with Crippen LogP contribution in [-0.2, 0) is 35.2 Å². The standard InChI is InChI=1S/C19H26N4O3.C13H24N2O4.C8H15N.C7H8.C3H8/c1-13(17(25-3)15-10-7-11-23(15)2)18(24)20-12-16-21-22-19(26-16)14-8-5-4-6-9-14;1-5-10(2)13(11(19-4)6-7-16)15(3)12(18)8-14-9-17;1-6-7-3-4-8(5-7)9(6)2;1-7-5-3-2-4-6-7;1-3-2/h4-6,8-9,13,15,17H,7,10-12H2,1-3H3,(H,20,24);7,9-11,13H,5-6,8H2,1-4H3,(H,14,17);6-8H,3-5H2,1-2H3;2-6H,1H3;3H2,1-2H3. The first-order valence-corrected chi connectivity index (χ1v) is 23.2. The van der Waals surface area contributed by atoms with Gasteiger partial charge in [0.25, 0.3) is 0 Å². The lowest BCUT2D eigenvalue weighted by Crippen LogP contribution is -2.51. The number of nitrogens with zero attached hydrogens (tertiary/aromatic N) is 5. The summed E-state index contributed by atoms with van der Waals surface area (Å²) >= 11 is 0. The van der Waals surface area contributed by atoms with Crippen LogP contribution in [0.2, 0.25) is 0 Å². The van der Waals surface area contributed by atoms with Crippen LogP contribution in [-0.4, -0.2) is 134 Å². The average Bonchev–Trinajstić information content (AvgIpc) is 4.14. The SMILES string of the molecule is CC1C2CCC(C2)N1C.CCC.CCC(C)C(C(CC=O)OC)N(C)C(=O)CNC=O.COC(C(C)C(=O)NCc1nnc(-c2ccccc2)o1)C1CCCN1C.Cc1ccccc1. The largest absolute Gasteiger partial charge is 0.419 e. The number of aromatic nitrogens is 2. The third kappa shape index (κ3) is 17.8. The molecule has 2 aliphatic heterocycles. The number of nitrogens with one attached hydrogen (secondary N) is 2. The van der Waals surface area contributed by atoms with Gasteiger partial charge in [-0.3, -0.25) is 14.4 Å². The molecule has 2 bridgehead atoms. The predicted octanol–water partition coefficient (Wildman–Crippen LogP) is 7.21. The molecule has 1 saturated carbocycles. The van der Waals surface area contributed by atoms with Crippen molar-refractivity contribution in [2.45, 2.75) is 143 Å². The third-order valence-electron chi connectivity index (χ3n) is 12.7. The van der Waals surface area contributed by atoms with Crippen molar-refractivity contribution >= 4 is 24.5 Å². The maximum atomic E-state index is 12.6. The maximum absolute atomic E-state index is 12.6. The van der Waals surface area contributed by atoms with E-state index in [1.165, 1.54) is 38.4 Å². The minimum atomic E-state index is -0.336. The summed E-state index contributed by atoms with van der Waals surface area (Å²) in [6.07, 6.45) is 9.80. The Bertz CT molecular complexity index is 1710. The summed E-state index contributed by atoms with van der Waals surface area (Å²) < 4.78 is 16.6. The Morgan fingerprint density at radius 3 is 2.05 bits per heavy atom. The van der Waals surface area contributed by atoms with Gasteiger partial charge in [-0.05, 0) is 90.6 Å². The Morgan fingerprint density at radius 2 is 1.59 bits per heavy atom. The number of hydrogen-bond acceptors (Lipinski definition) is 11. The second kappa shape index (κ2) is 30.6. The van der Waals surface area contributed by atoms with Crippen molar-refractivity contribution in [1.29, 1.82) is 0 Å². The second-order valence-corrected chi connectivity index (χ2v) is 17.3. The molecule has 64 heavy (non-hydrogen) atoms. The van der Waals surface area contributed by atoms with E-state index in [1.807, 2.05) is 69.3 Å². The number of likely N-dealkylation sites (N-methyl/N-ethyl adjacent to an activating group) is 2. The van der Waals surface area contributed by atoms with Crippen molar-refractivity contribution in [3.05, 3.63) is 72.1 Å². The third-order valence-corrected chi connectivity index (χ3v) is 12.7. The second-order valence-electron chi connectivity index (χ2n) is 17.3. The number of likely N-dealkylation sites (tertiary alicyclic amines) is 2. The highest BCUT2D eigenvalue weighted by Crippen LogP contribution is 2.40. The van der Waals surface area contributed by atoms with Gasteiger partial charge in [0.1, 0.15) is 6.29 Å². The fourth-order valence-corrected chi connectivity index (χ4v) is 8.67. The number of rotatable bonds is 17. The fourth-order valence-electron chi connectivity index (χ4n) is 8.67.